The van der Waals surface area contributed by atoms with E-state index in [0.717, 1.165) is 45.4 Å². The Hall–Kier alpha value is -2.93. The van der Waals surface area contributed by atoms with Crippen LogP contribution < -0.4 is 4.74 Å². The highest BCUT2D eigenvalue weighted by Gasteiger charge is 2.32. The summed E-state index contributed by atoms with van der Waals surface area (Å²) >= 11 is 5.24. The maximum atomic E-state index is 9.80. The lowest BCUT2D eigenvalue weighted by Gasteiger charge is -2.33. The quantitative estimate of drug-likeness (QED) is 0.316. The Balaban J connectivity index is 1.49. The lowest BCUT2D eigenvalue weighted by molar-refractivity contribution is 0.218. The number of hydrogen-bond acceptors (Lipinski definition) is 5. The first-order valence-corrected chi connectivity index (χ1v) is 12.9. The Morgan fingerprint density at radius 2 is 1.97 bits per heavy atom. The highest BCUT2D eigenvalue weighted by atomic mass is 79.9. The van der Waals surface area contributed by atoms with Crippen LogP contribution in [-0.4, -0.2) is 6.21 Å². The number of halogens is 1. The summed E-state index contributed by atoms with van der Waals surface area (Å²) in [6, 6.07) is 17.8. The van der Waals surface area contributed by atoms with Gasteiger partial charge in [0.1, 0.15) is 23.4 Å². The van der Waals surface area contributed by atoms with Crippen LogP contribution in [0.25, 0.3) is 0 Å². The molecule has 34 heavy (non-hydrogen) atoms. The molecule has 0 amide bonds. The minimum atomic E-state index is 0.269. The topological polar surface area (TPSA) is 69.2 Å². The molecule has 0 saturated carbocycles. The number of hydrogen-bond donors (Lipinski definition) is 0. The Labute approximate surface area is 213 Å². The Morgan fingerprint density at radius 3 is 2.68 bits per heavy atom. The molecule has 1 aliphatic carbocycles. The average Bonchev–Trinajstić information content (AvgIpc) is 3.18. The highest BCUT2D eigenvalue weighted by molar-refractivity contribution is 9.10. The third kappa shape index (κ3) is 5.25. The van der Waals surface area contributed by atoms with Gasteiger partial charge in [0.2, 0.25) is 0 Å². The van der Waals surface area contributed by atoms with Gasteiger partial charge in [-0.25, -0.2) is 4.99 Å². The smallest absolute Gasteiger partial charge is 0.134 e. The number of fused-ring (bicyclic) bond motifs is 1. The molecule has 1 atom stereocenters. The van der Waals surface area contributed by atoms with Crippen molar-refractivity contribution in [3.05, 3.63) is 79.6 Å². The lowest BCUT2D eigenvalue weighted by Crippen LogP contribution is -2.26. The molecule has 4 nitrogen and oxygen atoms in total. The lowest BCUT2D eigenvalue weighted by atomic mass is 9.72. The Morgan fingerprint density at radius 1 is 1.18 bits per heavy atom. The van der Waals surface area contributed by atoms with Gasteiger partial charge in [-0.15, -0.1) is 11.3 Å². The molecule has 2 aromatic carbocycles. The van der Waals surface area contributed by atoms with Crippen LogP contribution in [-0.2, 0) is 19.4 Å². The van der Waals surface area contributed by atoms with E-state index >= 15 is 0 Å². The van der Waals surface area contributed by atoms with Gasteiger partial charge >= 0.3 is 0 Å². The minimum absolute atomic E-state index is 0.269. The molecule has 0 unspecified atom stereocenters. The fourth-order valence-electron chi connectivity index (χ4n) is 4.28. The number of aliphatic imine (C=N–C) groups is 1. The van der Waals surface area contributed by atoms with Gasteiger partial charge in [-0.05, 0) is 81.9 Å². The van der Waals surface area contributed by atoms with Crippen molar-refractivity contribution >= 4 is 38.5 Å². The van der Waals surface area contributed by atoms with Gasteiger partial charge < -0.3 is 4.74 Å². The van der Waals surface area contributed by atoms with E-state index in [2.05, 4.69) is 48.8 Å². The molecular weight excluding hydrogens is 506 g/mol. The summed E-state index contributed by atoms with van der Waals surface area (Å²) in [7, 11) is 0. The predicted molar refractivity (Wildman–Crippen MR) is 141 cm³/mol. The standard InChI is InChI=1S/C28H26BrN3OS/c1-28(2,3)21-9-10-22-23(15-31)27(34-26(22)13-21)32-16-18-8-11-25(24(29)12-18)33-17-20-7-5-4-6-19(20)14-30/h4-8,11-12,16,21H,9-10,13,17H2,1-3H3/t21-/m1/s1. The molecule has 3 aromatic rings. The normalized spacial score (nSPS) is 15.5. The van der Waals surface area contributed by atoms with Crippen molar-refractivity contribution in [2.75, 3.05) is 0 Å². The molecule has 0 N–H and O–H groups in total. The van der Waals surface area contributed by atoms with Crippen molar-refractivity contribution in [2.45, 2.75) is 46.6 Å². The maximum absolute atomic E-state index is 9.80. The molecule has 0 saturated heterocycles. The summed E-state index contributed by atoms with van der Waals surface area (Å²) in [5.74, 6) is 1.33. The molecule has 1 aromatic heterocycles. The van der Waals surface area contributed by atoms with Crippen LogP contribution >= 0.6 is 27.3 Å². The van der Waals surface area contributed by atoms with E-state index in [1.165, 1.54) is 10.4 Å². The number of ether oxygens (including phenoxy) is 1. The van der Waals surface area contributed by atoms with E-state index in [0.29, 0.717) is 23.8 Å². The van der Waals surface area contributed by atoms with E-state index in [-0.39, 0.29) is 5.41 Å². The summed E-state index contributed by atoms with van der Waals surface area (Å²) in [6.45, 7) is 7.22. The van der Waals surface area contributed by atoms with Crippen molar-refractivity contribution in [3.63, 3.8) is 0 Å². The summed E-state index contributed by atoms with van der Waals surface area (Å²) in [6.07, 6.45) is 4.91. The molecule has 4 rings (SSSR count). The van der Waals surface area contributed by atoms with Crippen molar-refractivity contribution in [3.8, 4) is 17.9 Å². The first-order chi connectivity index (χ1) is 16.3. The van der Waals surface area contributed by atoms with E-state index in [1.807, 2.05) is 36.4 Å². The van der Waals surface area contributed by atoms with Gasteiger partial charge in [-0.1, -0.05) is 39.0 Å². The zero-order chi connectivity index (χ0) is 24.3. The first-order valence-electron chi connectivity index (χ1n) is 11.3. The van der Waals surface area contributed by atoms with Crippen LogP contribution in [0.2, 0.25) is 0 Å². The van der Waals surface area contributed by atoms with Gasteiger partial charge in [0, 0.05) is 16.7 Å². The van der Waals surface area contributed by atoms with Crippen molar-refractivity contribution in [1.82, 2.24) is 0 Å². The fraction of sp³-hybridized carbons (Fsp3) is 0.321. The van der Waals surface area contributed by atoms with E-state index in [4.69, 9.17) is 9.73 Å². The molecule has 0 aliphatic heterocycles. The zero-order valence-electron chi connectivity index (χ0n) is 19.6. The summed E-state index contributed by atoms with van der Waals surface area (Å²) in [5, 5.41) is 19.8. The highest BCUT2D eigenvalue weighted by Crippen LogP contribution is 2.44. The monoisotopic (exact) mass is 531 g/mol. The van der Waals surface area contributed by atoms with Gasteiger partial charge in [0.25, 0.3) is 0 Å². The average molecular weight is 533 g/mol. The van der Waals surface area contributed by atoms with E-state index in [1.54, 1.807) is 23.6 Å². The number of thiophene rings is 1. The molecular formula is C28H26BrN3OS. The predicted octanol–water partition coefficient (Wildman–Crippen LogP) is 7.73. The summed E-state index contributed by atoms with van der Waals surface area (Å²) in [4.78, 5) is 6.02. The van der Waals surface area contributed by atoms with Gasteiger partial charge in [0.05, 0.1) is 21.7 Å². The number of benzene rings is 2. The van der Waals surface area contributed by atoms with Crippen molar-refractivity contribution in [2.24, 2.45) is 16.3 Å². The molecule has 0 fully saturated rings. The second-order valence-corrected chi connectivity index (χ2v) is 11.5. The molecule has 0 spiro atoms. The number of nitrogens with zero attached hydrogens (tertiary/aromatic N) is 3. The minimum Gasteiger partial charge on any atom is -0.488 e. The second-order valence-electron chi connectivity index (χ2n) is 9.61. The molecule has 0 bridgehead atoms. The third-order valence-electron chi connectivity index (χ3n) is 6.39. The maximum Gasteiger partial charge on any atom is 0.134 e. The van der Waals surface area contributed by atoms with Crippen molar-refractivity contribution in [1.29, 1.82) is 10.5 Å². The van der Waals surface area contributed by atoms with Gasteiger partial charge in [-0.3, -0.25) is 0 Å². The van der Waals surface area contributed by atoms with Crippen molar-refractivity contribution < 1.29 is 4.74 Å². The van der Waals surface area contributed by atoms with Crippen LogP contribution in [0.5, 0.6) is 5.75 Å². The Bertz CT molecular complexity index is 1320. The summed E-state index contributed by atoms with van der Waals surface area (Å²) < 4.78 is 6.74. The second kappa shape index (κ2) is 10.1. The largest absolute Gasteiger partial charge is 0.488 e. The Kier molecular flexibility index (Phi) is 7.22. The van der Waals surface area contributed by atoms with Gasteiger partial charge in [-0.2, -0.15) is 10.5 Å². The number of rotatable bonds is 5. The molecule has 0 radical (unpaired) electrons. The van der Waals surface area contributed by atoms with Crippen LogP contribution in [0, 0.1) is 34.0 Å². The van der Waals surface area contributed by atoms with Crippen LogP contribution in [0.1, 0.15) is 59.9 Å². The molecule has 1 aliphatic rings. The molecule has 6 heteroatoms. The van der Waals surface area contributed by atoms with Crippen LogP contribution in [0.15, 0.2) is 51.9 Å². The number of nitriles is 2. The molecule has 1 heterocycles. The zero-order valence-corrected chi connectivity index (χ0v) is 22.0. The van der Waals surface area contributed by atoms with Crippen LogP contribution in [0.4, 0.5) is 5.00 Å². The van der Waals surface area contributed by atoms with E-state index < -0.39 is 0 Å². The van der Waals surface area contributed by atoms with Crippen LogP contribution in [0.3, 0.4) is 0 Å². The SMILES string of the molecule is CC(C)(C)[C@@H]1CCc2c(sc(N=Cc3ccc(OCc4ccccc4C#N)c(Br)c3)c2C#N)C1. The fourth-order valence-corrected chi connectivity index (χ4v) is 6.01. The van der Waals surface area contributed by atoms with Gasteiger partial charge in [0.15, 0.2) is 0 Å². The summed E-state index contributed by atoms with van der Waals surface area (Å²) in [5.41, 5.74) is 4.58. The van der Waals surface area contributed by atoms with E-state index in [9.17, 15) is 10.5 Å². The third-order valence-corrected chi connectivity index (χ3v) is 8.17. The molecule has 172 valence electrons. The first kappa shape index (κ1) is 24.2.